The Labute approximate surface area is 85.9 Å². The summed E-state index contributed by atoms with van der Waals surface area (Å²) < 4.78 is 6.63. The monoisotopic (exact) mass is 206 g/mol. The second kappa shape index (κ2) is 3.27. The Hall–Kier alpha value is -2.04. The maximum atomic E-state index is 11.1. The summed E-state index contributed by atoms with van der Waals surface area (Å²) in [5, 5.41) is 13.7. The number of aromatic carboxylic acids is 1. The fraction of sp³-hybridized carbons (Fsp3) is 0.200. The number of benzene rings is 1. The van der Waals surface area contributed by atoms with E-state index in [0.717, 1.165) is 5.52 Å². The highest BCUT2D eigenvalue weighted by molar-refractivity contribution is 6.05. The first-order valence-corrected chi connectivity index (χ1v) is 4.37. The van der Waals surface area contributed by atoms with Crippen molar-refractivity contribution < 1.29 is 14.6 Å². The molecular weight excluding hydrogens is 196 g/mol. The van der Waals surface area contributed by atoms with E-state index in [1.165, 1.54) is 13.3 Å². The molecule has 0 unspecified atom stereocenters. The van der Waals surface area contributed by atoms with E-state index in [2.05, 4.69) is 5.10 Å². The van der Waals surface area contributed by atoms with Crippen LogP contribution < -0.4 is 4.74 Å². The number of aromatic nitrogens is 2. The molecule has 2 aromatic rings. The zero-order valence-electron chi connectivity index (χ0n) is 8.39. The highest BCUT2D eigenvalue weighted by atomic mass is 16.5. The maximum Gasteiger partial charge on any atom is 0.340 e. The van der Waals surface area contributed by atoms with E-state index in [1.807, 2.05) is 0 Å². The molecule has 0 saturated heterocycles. The molecule has 0 atom stereocenters. The quantitative estimate of drug-likeness (QED) is 0.803. The molecule has 0 spiro atoms. The molecule has 1 N–H and O–H groups in total. The van der Waals surface area contributed by atoms with Crippen molar-refractivity contribution in [2.45, 2.75) is 0 Å². The topological polar surface area (TPSA) is 64.4 Å². The van der Waals surface area contributed by atoms with Gasteiger partial charge in [-0.25, -0.2) is 4.79 Å². The molecule has 0 bridgehead atoms. The molecule has 1 heterocycles. The number of rotatable bonds is 2. The fourth-order valence-corrected chi connectivity index (χ4v) is 1.60. The third kappa shape index (κ3) is 1.32. The van der Waals surface area contributed by atoms with Gasteiger partial charge < -0.3 is 9.84 Å². The van der Waals surface area contributed by atoms with E-state index in [9.17, 15) is 4.79 Å². The minimum atomic E-state index is -1.01. The Morgan fingerprint density at radius 3 is 2.87 bits per heavy atom. The van der Waals surface area contributed by atoms with Crippen LogP contribution in [0, 0.1) is 0 Å². The number of hydrogen-bond donors (Lipinski definition) is 1. The van der Waals surface area contributed by atoms with Gasteiger partial charge >= 0.3 is 5.97 Å². The van der Waals surface area contributed by atoms with Crippen LogP contribution in [0.25, 0.3) is 10.9 Å². The number of fused-ring (bicyclic) bond motifs is 1. The summed E-state index contributed by atoms with van der Waals surface area (Å²) in [4.78, 5) is 11.1. The normalized spacial score (nSPS) is 10.5. The molecule has 0 aliphatic heterocycles. The number of hydrogen-bond acceptors (Lipinski definition) is 3. The molecule has 0 aliphatic rings. The van der Waals surface area contributed by atoms with Crippen molar-refractivity contribution in [1.82, 2.24) is 9.78 Å². The average molecular weight is 206 g/mol. The van der Waals surface area contributed by atoms with Gasteiger partial charge in [-0.05, 0) is 12.1 Å². The maximum absolute atomic E-state index is 11.1. The number of carboxylic acid groups (broad SMARTS) is 1. The molecule has 0 aliphatic carbocycles. The van der Waals surface area contributed by atoms with Gasteiger partial charge in [-0.2, -0.15) is 5.10 Å². The van der Waals surface area contributed by atoms with E-state index in [-0.39, 0.29) is 5.56 Å². The Morgan fingerprint density at radius 2 is 2.27 bits per heavy atom. The van der Waals surface area contributed by atoms with E-state index in [0.29, 0.717) is 11.1 Å². The number of methoxy groups -OCH3 is 1. The lowest BCUT2D eigenvalue weighted by atomic mass is 10.1. The zero-order chi connectivity index (χ0) is 11.0. The van der Waals surface area contributed by atoms with E-state index < -0.39 is 5.97 Å². The number of carboxylic acids is 1. The number of aryl methyl sites for hydroxylation is 1. The van der Waals surface area contributed by atoms with Gasteiger partial charge in [0.15, 0.2) is 0 Å². The van der Waals surface area contributed by atoms with E-state index in [1.54, 1.807) is 23.9 Å². The van der Waals surface area contributed by atoms with Crippen LogP contribution in [0.3, 0.4) is 0 Å². The summed E-state index contributed by atoms with van der Waals surface area (Å²) in [6.07, 6.45) is 1.53. The summed E-state index contributed by atoms with van der Waals surface area (Å²) in [6, 6.07) is 3.42. The van der Waals surface area contributed by atoms with Gasteiger partial charge in [-0.15, -0.1) is 0 Å². The van der Waals surface area contributed by atoms with Crippen molar-refractivity contribution in [1.29, 1.82) is 0 Å². The Bertz CT molecular complexity index is 531. The van der Waals surface area contributed by atoms with Crippen molar-refractivity contribution in [3.8, 4) is 5.75 Å². The lowest BCUT2D eigenvalue weighted by molar-refractivity contribution is 0.0695. The van der Waals surface area contributed by atoms with Gasteiger partial charge in [0.1, 0.15) is 11.3 Å². The molecule has 2 rings (SSSR count). The van der Waals surface area contributed by atoms with Crippen LogP contribution in [-0.2, 0) is 7.05 Å². The minimum absolute atomic E-state index is 0.156. The van der Waals surface area contributed by atoms with Crippen molar-refractivity contribution in [3.63, 3.8) is 0 Å². The van der Waals surface area contributed by atoms with Gasteiger partial charge in [0.05, 0.1) is 18.8 Å². The van der Waals surface area contributed by atoms with Crippen molar-refractivity contribution in [2.24, 2.45) is 7.05 Å². The molecular formula is C10H10N2O3. The SMILES string of the molecule is COc1ccc2c(cnn2C)c1C(=O)O. The molecule has 5 heteroatoms. The van der Waals surface area contributed by atoms with Crippen LogP contribution in [-0.4, -0.2) is 28.0 Å². The second-order valence-corrected chi connectivity index (χ2v) is 3.15. The number of nitrogens with zero attached hydrogens (tertiary/aromatic N) is 2. The third-order valence-electron chi connectivity index (χ3n) is 2.33. The predicted molar refractivity (Wildman–Crippen MR) is 54.2 cm³/mol. The molecule has 0 amide bonds. The van der Waals surface area contributed by atoms with Gasteiger partial charge in [-0.1, -0.05) is 0 Å². The minimum Gasteiger partial charge on any atom is -0.496 e. The first-order valence-electron chi connectivity index (χ1n) is 4.37. The lowest BCUT2D eigenvalue weighted by Crippen LogP contribution is -2.01. The molecule has 5 nitrogen and oxygen atoms in total. The molecule has 1 aromatic carbocycles. The zero-order valence-corrected chi connectivity index (χ0v) is 8.39. The third-order valence-corrected chi connectivity index (χ3v) is 2.33. The van der Waals surface area contributed by atoms with E-state index >= 15 is 0 Å². The summed E-state index contributed by atoms with van der Waals surface area (Å²) in [7, 11) is 3.21. The molecule has 78 valence electrons. The Morgan fingerprint density at radius 1 is 1.53 bits per heavy atom. The standard InChI is InChI=1S/C10H10N2O3/c1-12-7-3-4-8(15-2)9(10(13)14)6(7)5-11-12/h3-5H,1-2H3,(H,13,14). The van der Waals surface area contributed by atoms with Crippen LogP contribution in [0.1, 0.15) is 10.4 Å². The molecule has 0 saturated carbocycles. The van der Waals surface area contributed by atoms with Crippen LogP contribution >= 0.6 is 0 Å². The predicted octanol–water partition coefficient (Wildman–Crippen LogP) is 1.28. The summed E-state index contributed by atoms with van der Waals surface area (Å²) >= 11 is 0. The second-order valence-electron chi connectivity index (χ2n) is 3.15. The molecule has 0 radical (unpaired) electrons. The van der Waals surface area contributed by atoms with Gasteiger partial charge in [-0.3, -0.25) is 4.68 Å². The van der Waals surface area contributed by atoms with Crippen molar-refractivity contribution >= 4 is 16.9 Å². The van der Waals surface area contributed by atoms with Crippen LogP contribution in [0.2, 0.25) is 0 Å². The number of carbonyl (C=O) groups is 1. The van der Waals surface area contributed by atoms with Crippen LogP contribution in [0.5, 0.6) is 5.75 Å². The largest absolute Gasteiger partial charge is 0.496 e. The molecule has 1 aromatic heterocycles. The summed E-state index contributed by atoms with van der Waals surface area (Å²) in [5.41, 5.74) is 0.927. The fourth-order valence-electron chi connectivity index (χ4n) is 1.60. The average Bonchev–Trinajstić information content (AvgIpc) is 2.58. The van der Waals surface area contributed by atoms with Crippen LogP contribution in [0.4, 0.5) is 0 Å². The van der Waals surface area contributed by atoms with E-state index in [4.69, 9.17) is 9.84 Å². The van der Waals surface area contributed by atoms with Crippen LogP contribution in [0.15, 0.2) is 18.3 Å². The van der Waals surface area contributed by atoms with Crippen molar-refractivity contribution in [3.05, 3.63) is 23.9 Å². The first kappa shape index (κ1) is 9.51. The first-order chi connectivity index (χ1) is 7.15. The highest BCUT2D eigenvalue weighted by Crippen LogP contribution is 2.27. The lowest BCUT2D eigenvalue weighted by Gasteiger charge is -2.05. The molecule has 0 fully saturated rings. The Balaban J connectivity index is 2.85. The highest BCUT2D eigenvalue weighted by Gasteiger charge is 2.16. The summed E-state index contributed by atoms with van der Waals surface area (Å²) in [6.45, 7) is 0. The smallest absolute Gasteiger partial charge is 0.340 e. The van der Waals surface area contributed by atoms with Gasteiger partial charge in [0, 0.05) is 12.4 Å². The Kier molecular flexibility index (Phi) is 2.07. The molecule has 15 heavy (non-hydrogen) atoms. The summed E-state index contributed by atoms with van der Waals surface area (Å²) in [5.74, 6) is -0.659. The van der Waals surface area contributed by atoms with Gasteiger partial charge in [0.25, 0.3) is 0 Å². The van der Waals surface area contributed by atoms with Gasteiger partial charge in [0.2, 0.25) is 0 Å². The van der Waals surface area contributed by atoms with Crippen molar-refractivity contribution in [2.75, 3.05) is 7.11 Å². The number of ether oxygens (including phenoxy) is 1.